The Kier molecular flexibility index (Phi) is 8.23. The first-order chi connectivity index (χ1) is 13.1. The van der Waals surface area contributed by atoms with Crippen LogP contribution in [0.15, 0.2) is 5.16 Å². The fourth-order valence-corrected chi connectivity index (χ4v) is 5.24. The number of amides is 1. The van der Waals surface area contributed by atoms with E-state index in [0.29, 0.717) is 19.5 Å². The number of hydrogen-bond donors (Lipinski definition) is 1. The number of sulfonamides is 1. The van der Waals surface area contributed by atoms with Crippen LogP contribution in [0.2, 0.25) is 0 Å². The van der Waals surface area contributed by atoms with Crippen molar-refractivity contribution in [2.75, 3.05) is 31.6 Å². The molecule has 2 heterocycles. The maximum absolute atomic E-state index is 12.5. The van der Waals surface area contributed by atoms with Crippen molar-refractivity contribution in [1.29, 1.82) is 0 Å². The van der Waals surface area contributed by atoms with Crippen molar-refractivity contribution in [2.24, 2.45) is 0 Å². The zero-order valence-corrected chi connectivity index (χ0v) is 18.8. The zero-order chi connectivity index (χ0) is 20.9. The molecule has 1 amide bonds. The molecule has 0 aromatic carbocycles. The monoisotopic (exact) mass is 430 g/mol. The number of ether oxygens (including phenoxy) is 1. The van der Waals surface area contributed by atoms with Gasteiger partial charge in [0.15, 0.2) is 5.16 Å². The summed E-state index contributed by atoms with van der Waals surface area (Å²) in [5.41, 5.74) is 2.72. The van der Waals surface area contributed by atoms with Crippen LogP contribution in [-0.2, 0) is 26.0 Å². The van der Waals surface area contributed by atoms with E-state index in [1.807, 2.05) is 34.0 Å². The molecule has 0 aliphatic carbocycles. The van der Waals surface area contributed by atoms with Crippen molar-refractivity contribution in [3.05, 3.63) is 17.0 Å². The Bertz CT molecular complexity index is 768. The Labute approximate surface area is 171 Å². The van der Waals surface area contributed by atoms with Crippen molar-refractivity contribution in [2.45, 2.75) is 57.9 Å². The topological polar surface area (TPSA) is 101 Å². The number of nitrogens with one attached hydrogen (secondary N) is 1. The average molecular weight is 431 g/mol. The highest BCUT2D eigenvalue weighted by atomic mass is 32.2. The molecule has 2 rings (SSSR count). The highest BCUT2D eigenvalue weighted by molar-refractivity contribution is 7.98. The molecule has 0 radical (unpaired) electrons. The summed E-state index contributed by atoms with van der Waals surface area (Å²) in [7, 11) is -3.42. The summed E-state index contributed by atoms with van der Waals surface area (Å²) in [4.78, 5) is 21.0. The second-order valence-electron chi connectivity index (χ2n) is 7.10. The summed E-state index contributed by atoms with van der Waals surface area (Å²) in [6, 6.07) is 0. The van der Waals surface area contributed by atoms with Crippen LogP contribution < -0.4 is 5.32 Å². The number of morpholine rings is 1. The number of nitrogens with zero attached hydrogens (tertiary/aromatic N) is 3. The van der Waals surface area contributed by atoms with Gasteiger partial charge >= 0.3 is 0 Å². The summed E-state index contributed by atoms with van der Waals surface area (Å²) in [5, 5.41) is 3.43. The van der Waals surface area contributed by atoms with E-state index < -0.39 is 10.0 Å². The molecular formula is C18H30N4O4S2. The molecule has 1 saturated heterocycles. The Morgan fingerprint density at radius 1 is 1.21 bits per heavy atom. The van der Waals surface area contributed by atoms with E-state index in [-0.39, 0.29) is 36.8 Å². The molecule has 2 unspecified atom stereocenters. The van der Waals surface area contributed by atoms with E-state index in [1.54, 1.807) is 0 Å². The fourth-order valence-electron chi connectivity index (χ4n) is 3.30. The van der Waals surface area contributed by atoms with Crippen LogP contribution in [0.5, 0.6) is 0 Å². The van der Waals surface area contributed by atoms with Gasteiger partial charge in [-0.05, 0) is 45.9 Å². The second-order valence-corrected chi connectivity index (χ2v) is 9.96. The first-order valence-electron chi connectivity index (χ1n) is 9.40. The van der Waals surface area contributed by atoms with Crippen LogP contribution in [0.3, 0.4) is 0 Å². The minimum absolute atomic E-state index is 0.0984. The molecule has 1 aliphatic rings. The number of carbonyl (C=O) groups excluding carboxylic acids is 1. The minimum atomic E-state index is -3.42. The maximum Gasteiger partial charge on any atom is 0.220 e. The lowest BCUT2D eigenvalue weighted by atomic mass is 10.1. The lowest BCUT2D eigenvalue weighted by Crippen LogP contribution is -2.49. The lowest BCUT2D eigenvalue weighted by Gasteiger charge is -2.34. The Morgan fingerprint density at radius 3 is 2.32 bits per heavy atom. The van der Waals surface area contributed by atoms with E-state index in [4.69, 9.17) is 4.74 Å². The summed E-state index contributed by atoms with van der Waals surface area (Å²) in [5.74, 6) is -0.284. The SMILES string of the molecule is CSc1nc(C)c(CCC(=O)NCCS(=O)(=O)N2CC(C)OC(C)C2)c(C)n1. The number of carbonyl (C=O) groups is 1. The molecule has 28 heavy (non-hydrogen) atoms. The summed E-state index contributed by atoms with van der Waals surface area (Å²) >= 11 is 1.49. The number of rotatable bonds is 8. The van der Waals surface area contributed by atoms with E-state index in [9.17, 15) is 13.2 Å². The van der Waals surface area contributed by atoms with E-state index in [0.717, 1.165) is 22.1 Å². The van der Waals surface area contributed by atoms with Crippen molar-refractivity contribution >= 4 is 27.7 Å². The predicted octanol–water partition coefficient (Wildman–Crippen LogP) is 1.30. The van der Waals surface area contributed by atoms with Gasteiger partial charge in [0.05, 0.1) is 18.0 Å². The third-order valence-electron chi connectivity index (χ3n) is 4.65. The third kappa shape index (κ3) is 6.40. The maximum atomic E-state index is 12.5. The van der Waals surface area contributed by atoms with Gasteiger partial charge in [-0.3, -0.25) is 4.79 Å². The molecule has 8 nitrogen and oxygen atoms in total. The van der Waals surface area contributed by atoms with Crippen molar-refractivity contribution in [1.82, 2.24) is 19.6 Å². The number of hydrogen-bond acceptors (Lipinski definition) is 7. The molecule has 0 spiro atoms. The van der Waals surface area contributed by atoms with Gasteiger partial charge in [-0.1, -0.05) is 11.8 Å². The van der Waals surface area contributed by atoms with Gasteiger partial charge in [0, 0.05) is 37.4 Å². The minimum Gasteiger partial charge on any atom is -0.373 e. The standard InChI is InChI=1S/C18H30N4O4S2/c1-12-10-22(11-13(2)26-12)28(24,25)9-8-19-17(23)7-6-16-14(3)20-18(27-5)21-15(16)4/h12-13H,6-11H2,1-5H3,(H,19,23). The molecule has 10 heteroatoms. The molecule has 2 atom stereocenters. The summed E-state index contributed by atoms with van der Waals surface area (Å²) < 4.78 is 32.0. The van der Waals surface area contributed by atoms with E-state index >= 15 is 0 Å². The van der Waals surface area contributed by atoms with E-state index in [2.05, 4.69) is 15.3 Å². The van der Waals surface area contributed by atoms with Gasteiger partial charge in [-0.25, -0.2) is 18.4 Å². The Hall–Kier alpha value is -1.23. The van der Waals surface area contributed by atoms with Crippen molar-refractivity contribution in [3.63, 3.8) is 0 Å². The first-order valence-corrected chi connectivity index (χ1v) is 12.2. The molecule has 1 aromatic rings. The molecule has 1 aromatic heterocycles. The molecule has 1 N–H and O–H groups in total. The van der Waals surface area contributed by atoms with Crippen LogP contribution in [0.4, 0.5) is 0 Å². The van der Waals surface area contributed by atoms with Gasteiger partial charge in [0.2, 0.25) is 15.9 Å². The normalized spacial score (nSPS) is 20.9. The molecule has 0 saturated carbocycles. The third-order valence-corrected chi connectivity index (χ3v) is 7.00. The quantitative estimate of drug-likeness (QED) is 0.490. The van der Waals surface area contributed by atoms with Crippen LogP contribution >= 0.6 is 11.8 Å². The number of thioether (sulfide) groups is 1. The largest absolute Gasteiger partial charge is 0.373 e. The van der Waals surface area contributed by atoms with Gasteiger partial charge < -0.3 is 10.1 Å². The number of aryl methyl sites for hydroxylation is 2. The molecule has 0 bridgehead atoms. The van der Waals surface area contributed by atoms with Gasteiger partial charge in [-0.15, -0.1) is 0 Å². The average Bonchev–Trinajstić information content (AvgIpc) is 2.59. The van der Waals surface area contributed by atoms with Gasteiger partial charge in [-0.2, -0.15) is 4.31 Å². The predicted molar refractivity (Wildman–Crippen MR) is 110 cm³/mol. The number of aromatic nitrogens is 2. The van der Waals surface area contributed by atoms with Crippen LogP contribution in [0, 0.1) is 13.8 Å². The molecule has 158 valence electrons. The van der Waals surface area contributed by atoms with Crippen molar-refractivity contribution in [3.8, 4) is 0 Å². The first kappa shape index (κ1) is 23.1. The van der Waals surface area contributed by atoms with Gasteiger partial charge in [0.25, 0.3) is 0 Å². The molecule has 1 fully saturated rings. The zero-order valence-electron chi connectivity index (χ0n) is 17.2. The Morgan fingerprint density at radius 2 is 1.79 bits per heavy atom. The highest BCUT2D eigenvalue weighted by Crippen LogP contribution is 2.17. The smallest absolute Gasteiger partial charge is 0.220 e. The summed E-state index contributed by atoms with van der Waals surface area (Å²) in [6.07, 6.45) is 2.48. The van der Waals surface area contributed by atoms with Crippen LogP contribution in [0.25, 0.3) is 0 Å². The molecular weight excluding hydrogens is 400 g/mol. The fraction of sp³-hybridized carbons (Fsp3) is 0.722. The Balaban J connectivity index is 1.81. The van der Waals surface area contributed by atoms with Crippen LogP contribution in [0.1, 0.15) is 37.2 Å². The van der Waals surface area contributed by atoms with Gasteiger partial charge in [0.1, 0.15) is 0 Å². The highest BCUT2D eigenvalue weighted by Gasteiger charge is 2.30. The lowest BCUT2D eigenvalue weighted by molar-refractivity contribution is -0.120. The van der Waals surface area contributed by atoms with E-state index in [1.165, 1.54) is 16.1 Å². The van der Waals surface area contributed by atoms with Crippen molar-refractivity contribution < 1.29 is 17.9 Å². The second kappa shape index (κ2) is 10.00. The van der Waals surface area contributed by atoms with Crippen LogP contribution in [-0.4, -0.2) is 72.4 Å². The summed E-state index contributed by atoms with van der Waals surface area (Å²) in [6.45, 7) is 8.35. The molecule has 1 aliphatic heterocycles.